The number of nitrogens with one attached hydrogen (secondary N) is 1. The molecule has 3 heterocycles. The van der Waals surface area contributed by atoms with Crippen LogP contribution in [-0.4, -0.2) is 23.3 Å². The van der Waals surface area contributed by atoms with E-state index in [1.165, 1.54) is 14.6 Å². The zero-order valence-corrected chi connectivity index (χ0v) is 18.1. The van der Waals surface area contributed by atoms with Crippen molar-refractivity contribution >= 4 is 45.8 Å². The van der Waals surface area contributed by atoms with Crippen LogP contribution >= 0.6 is 34.0 Å². The van der Waals surface area contributed by atoms with Crippen molar-refractivity contribution in [2.75, 3.05) is 6.54 Å². The Morgan fingerprint density at radius 1 is 0.821 bits per heavy atom. The predicted molar refractivity (Wildman–Crippen MR) is 118 cm³/mol. The number of hydrogen-bond donors (Lipinski definition) is 1. The molecule has 3 aromatic rings. The van der Waals surface area contributed by atoms with Crippen molar-refractivity contribution in [1.82, 2.24) is 10.2 Å². The molecule has 28 heavy (non-hydrogen) atoms. The van der Waals surface area contributed by atoms with E-state index in [9.17, 15) is 9.59 Å². The Kier molecular flexibility index (Phi) is 8.26. The molecule has 0 atom stereocenters. The van der Waals surface area contributed by atoms with E-state index in [1.54, 1.807) is 34.0 Å². The van der Waals surface area contributed by atoms with Crippen molar-refractivity contribution in [2.24, 2.45) is 0 Å². The topological polar surface area (TPSA) is 49.4 Å². The van der Waals surface area contributed by atoms with E-state index in [-0.39, 0.29) is 11.8 Å². The summed E-state index contributed by atoms with van der Waals surface area (Å²) in [4.78, 5) is 30.3. The van der Waals surface area contributed by atoms with Gasteiger partial charge in [-0.1, -0.05) is 18.2 Å². The van der Waals surface area contributed by atoms with E-state index < -0.39 is 0 Å². The fourth-order valence-corrected chi connectivity index (χ4v) is 4.99. The zero-order valence-electron chi connectivity index (χ0n) is 15.6. The van der Waals surface area contributed by atoms with Gasteiger partial charge in [-0.3, -0.25) is 9.59 Å². The Morgan fingerprint density at radius 2 is 1.39 bits per heavy atom. The molecule has 1 N–H and O–H groups in total. The van der Waals surface area contributed by atoms with Crippen LogP contribution in [0.15, 0.2) is 52.5 Å². The average Bonchev–Trinajstić information content (AvgIpc) is 3.45. The van der Waals surface area contributed by atoms with Gasteiger partial charge in [0.2, 0.25) is 11.8 Å². The lowest BCUT2D eigenvalue weighted by Gasteiger charge is -2.21. The fraction of sp³-hybridized carbons (Fsp3) is 0.333. The number of hydrogen-bond acceptors (Lipinski definition) is 5. The number of carbonyl (C=O) groups excluding carboxylic acids is 2. The quantitative estimate of drug-likeness (QED) is 0.467. The zero-order chi connectivity index (χ0) is 19.6. The number of carbonyl (C=O) groups is 2. The Labute approximate surface area is 177 Å². The van der Waals surface area contributed by atoms with E-state index in [1.807, 2.05) is 39.2 Å². The molecule has 0 spiro atoms. The summed E-state index contributed by atoms with van der Waals surface area (Å²) in [5, 5.41) is 9.05. The SMILES string of the molecule is O=C(CCCC(=O)N(Cc1cccs1)Cc1cccs1)NCCc1cccs1. The molecule has 0 aliphatic heterocycles. The van der Waals surface area contributed by atoms with Gasteiger partial charge in [-0.15, -0.1) is 34.0 Å². The first-order chi connectivity index (χ1) is 13.7. The van der Waals surface area contributed by atoms with Crippen LogP contribution in [0.5, 0.6) is 0 Å². The Morgan fingerprint density at radius 3 is 1.93 bits per heavy atom. The molecular weight excluding hydrogens is 408 g/mol. The van der Waals surface area contributed by atoms with Crippen LogP contribution in [0.25, 0.3) is 0 Å². The molecule has 0 fully saturated rings. The van der Waals surface area contributed by atoms with E-state index >= 15 is 0 Å². The third-order valence-electron chi connectivity index (χ3n) is 4.27. The van der Waals surface area contributed by atoms with Gasteiger partial charge in [0.15, 0.2) is 0 Å². The number of amides is 2. The van der Waals surface area contributed by atoms with Crippen molar-refractivity contribution in [1.29, 1.82) is 0 Å². The van der Waals surface area contributed by atoms with Crippen molar-refractivity contribution in [2.45, 2.75) is 38.8 Å². The second-order valence-electron chi connectivity index (χ2n) is 6.44. The molecule has 0 radical (unpaired) electrons. The van der Waals surface area contributed by atoms with Crippen molar-refractivity contribution in [3.63, 3.8) is 0 Å². The molecule has 148 valence electrons. The van der Waals surface area contributed by atoms with Crippen molar-refractivity contribution in [3.8, 4) is 0 Å². The standard InChI is InChI=1S/C21H24N2O2S3/c24-20(22-11-10-17-5-2-12-26-17)8-1-9-21(25)23(15-18-6-3-13-27-18)16-19-7-4-14-28-19/h2-7,12-14H,1,8-11,15-16H2,(H,22,24). The van der Waals surface area contributed by atoms with Crippen LogP contribution in [0.4, 0.5) is 0 Å². The van der Waals surface area contributed by atoms with Crippen molar-refractivity contribution < 1.29 is 9.59 Å². The van der Waals surface area contributed by atoms with Gasteiger partial charge in [0.1, 0.15) is 0 Å². The van der Waals surface area contributed by atoms with Gasteiger partial charge in [-0.2, -0.15) is 0 Å². The summed E-state index contributed by atoms with van der Waals surface area (Å²) in [6, 6.07) is 12.2. The van der Waals surface area contributed by atoms with Crippen LogP contribution in [0, 0.1) is 0 Å². The van der Waals surface area contributed by atoms with E-state index in [0.29, 0.717) is 38.9 Å². The van der Waals surface area contributed by atoms with Gasteiger partial charge >= 0.3 is 0 Å². The van der Waals surface area contributed by atoms with Crippen LogP contribution in [0.2, 0.25) is 0 Å². The first-order valence-electron chi connectivity index (χ1n) is 9.32. The Bertz CT molecular complexity index is 791. The molecule has 2 amide bonds. The molecule has 3 aromatic heterocycles. The van der Waals surface area contributed by atoms with E-state index in [0.717, 1.165) is 6.42 Å². The molecular formula is C21H24N2O2S3. The van der Waals surface area contributed by atoms with Gasteiger partial charge in [-0.05, 0) is 47.2 Å². The third kappa shape index (κ3) is 6.89. The van der Waals surface area contributed by atoms with Gasteiger partial charge in [0.25, 0.3) is 0 Å². The maximum absolute atomic E-state index is 12.8. The molecule has 0 unspecified atom stereocenters. The largest absolute Gasteiger partial charge is 0.356 e. The molecule has 0 aliphatic rings. The molecule has 7 heteroatoms. The van der Waals surface area contributed by atoms with Gasteiger partial charge in [0, 0.05) is 34.0 Å². The maximum Gasteiger partial charge on any atom is 0.223 e. The highest BCUT2D eigenvalue weighted by molar-refractivity contribution is 7.10. The van der Waals surface area contributed by atoms with Crippen LogP contribution in [0.3, 0.4) is 0 Å². The minimum atomic E-state index is 0.0208. The summed E-state index contributed by atoms with van der Waals surface area (Å²) >= 11 is 5.03. The van der Waals surface area contributed by atoms with Gasteiger partial charge in [-0.25, -0.2) is 0 Å². The molecule has 0 bridgehead atoms. The van der Waals surface area contributed by atoms with E-state index in [2.05, 4.69) is 23.5 Å². The highest BCUT2D eigenvalue weighted by Crippen LogP contribution is 2.18. The van der Waals surface area contributed by atoms with Crippen LogP contribution in [0.1, 0.15) is 33.9 Å². The second kappa shape index (κ2) is 11.1. The summed E-state index contributed by atoms with van der Waals surface area (Å²) < 4.78 is 0. The first-order valence-corrected chi connectivity index (χ1v) is 12.0. The summed E-state index contributed by atoms with van der Waals surface area (Å²) in [5.41, 5.74) is 0. The Balaban J connectivity index is 1.41. The molecule has 3 rings (SSSR count). The van der Waals surface area contributed by atoms with Crippen LogP contribution in [-0.2, 0) is 29.1 Å². The maximum atomic E-state index is 12.8. The second-order valence-corrected chi connectivity index (χ2v) is 9.54. The summed E-state index contributed by atoms with van der Waals surface area (Å²) in [5.74, 6) is 0.126. The smallest absolute Gasteiger partial charge is 0.223 e. The molecule has 0 aliphatic carbocycles. The van der Waals surface area contributed by atoms with E-state index in [4.69, 9.17) is 0 Å². The summed E-state index contributed by atoms with van der Waals surface area (Å²) in [7, 11) is 0. The average molecular weight is 433 g/mol. The minimum Gasteiger partial charge on any atom is -0.356 e. The lowest BCUT2D eigenvalue weighted by molar-refractivity contribution is -0.132. The van der Waals surface area contributed by atoms with Gasteiger partial charge < -0.3 is 10.2 Å². The number of rotatable bonds is 11. The highest BCUT2D eigenvalue weighted by Gasteiger charge is 2.16. The normalized spacial score (nSPS) is 10.7. The molecule has 4 nitrogen and oxygen atoms in total. The van der Waals surface area contributed by atoms with Crippen LogP contribution < -0.4 is 5.32 Å². The molecule has 0 saturated carbocycles. The highest BCUT2D eigenvalue weighted by atomic mass is 32.1. The third-order valence-corrected chi connectivity index (χ3v) is 6.93. The molecule has 0 saturated heterocycles. The summed E-state index contributed by atoms with van der Waals surface area (Å²) in [6.07, 6.45) is 2.23. The predicted octanol–water partition coefficient (Wildman–Crippen LogP) is 4.93. The molecule has 0 aromatic carbocycles. The van der Waals surface area contributed by atoms with Gasteiger partial charge in [0.05, 0.1) is 13.1 Å². The first kappa shape index (κ1) is 20.8. The Hall–Kier alpha value is -1.96. The minimum absolute atomic E-state index is 0.0208. The lowest BCUT2D eigenvalue weighted by Crippen LogP contribution is -2.30. The monoisotopic (exact) mass is 432 g/mol. The lowest BCUT2D eigenvalue weighted by atomic mass is 10.2. The number of nitrogens with zero attached hydrogens (tertiary/aromatic N) is 1. The summed E-state index contributed by atoms with van der Waals surface area (Å²) in [6.45, 7) is 1.90. The number of thiophene rings is 3. The fourth-order valence-electron chi connectivity index (χ4n) is 2.84. The van der Waals surface area contributed by atoms with Crippen molar-refractivity contribution in [3.05, 3.63) is 67.2 Å².